The van der Waals surface area contributed by atoms with Gasteiger partial charge in [0.2, 0.25) is 5.91 Å². The molecule has 108 valence electrons. The van der Waals surface area contributed by atoms with Crippen LogP contribution in [0.2, 0.25) is 5.02 Å². The molecular weight excluding hydrogens is 302 g/mol. The lowest BCUT2D eigenvalue weighted by atomic mass is 10.2. The highest BCUT2D eigenvalue weighted by Gasteiger charge is 2.34. The van der Waals surface area contributed by atoms with E-state index in [4.69, 9.17) is 21.4 Å². The summed E-state index contributed by atoms with van der Waals surface area (Å²) in [5.41, 5.74) is 0. The topological polar surface area (TPSA) is 66.8 Å². The molecule has 1 atom stereocenters. The molecule has 0 aromatic heterocycles. The molecule has 1 aromatic rings. The summed E-state index contributed by atoms with van der Waals surface area (Å²) in [5.74, 6) is 0.294. The van der Waals surface area contributed by atoms with E-state index in [2.05, 4.69) is 0 Å². The van der Waals surface area contributed by atoms with E-state index >= 15 is 0 Å². The number of thioether (sulfide) groups is 1. The smallest absolute Gasteiger partial charge is 0.327 e. The maximum absolute atomic E-state index is 12.0. The van der Waals surface area contributed by atoms with Crippen LogP contribution in [0.15, 0.2) is 24.3 Å². The van der Waals surface area contributed by atoms with Gasteiger partial charge in [-0.05, 0) is 18.2 Å². The zero-order valence-corrected chi connectivity index (χ0v) is 12.2. The van der Waals surface area contributed by atoms with Gasteiger partial charge in [-0.25, -0.2) is 4.79 Å². The van der Waals surface area contributed by atoms with Gasteiger partial charge < -0.3 is 14.7 Å². The SMILES string of the molecule is O=C(O)C1CSCN1C(=O)CCOc1cccc(Cl)c1. The van der Waals surface area contributed by atoms with Crippen molar-refractivity contribution in [2.45, 2.75) is 12.5 Å². The second-order valence-electron chi connectivity index (χ2n) is 4.27. The summed E-state index contributed by atoms with van der Waals surface area (Å²) >= 11 is 7.27. The highest BCUT2D eigenvalue weighted by atomic mass is 35.5. The molecule has 7 heteroatoms. The first-order valence-electron chi connectivity index (χ1n) is 6.06. The molecule has 1 aliphatic rings. The third-order valence-corrected chi connectivity index (χ3v) is 4.12. The number of halogens is 1. The summed E-state index contributed by atoms with van der Waals surface area (Å²) in [6.45, 7) is 0.201. The van der Waals surface area contributed by atoms with Crippen LogP contribution in [-0.2, 0) is 9.59 Å². The summed E-state index contributed by atoms with van der Waals surface area (Å²) in [7, 11) is 0. The second-order valence-corrected chi connectivity index (χ2v) is 5.71. The van der Waals surface area contributed by atoms with Gasteiger partial charge in [0, 0.05) is 10.8 Å². The average Bonchev–Trinajstić information content (AvgIpc) is 2.88. The number of rotatable bonds is 5. The van der Waals surface area contributed by atoms with Crippen LogP contribution in [0.3, 0.4) is 0 Å². The number of hydrogen-bond donors (Lipinski definition) is 1. The van der Waals surface area contributed by atoms with E-state index < -0.39 is 12.0 Å². The average molecular weight is 316 g/mol. The normalized spacial score (nSPS) is 18.1. The molecule has 0 saturated carbocycles. The van der Waals surface area contributed by atoms with Crippen molar-refractivity contribution in [3.05, 3.63) is 29.3 Å². The van der Waals surface area contributed by atoms with E-state index in [-0.39, 0.29) is 18.9 Å². The second kappa shape index (κ2) is 6.85. The zero-order chi connectivity index (χ0) is 14.5. The molecule has 1 fully saturated rings. The molecule has 20 heavy (non-hydrogen) atoms. The number of carbonyl (C=O) groups excluding carboxylic acids is 1. The van der Waals surface area contributed by atoms with Crippen LogP contribution in [0.25, 0.3) is 0 Å². The third kappa shape index (κ3) is 3.80. The Morgan fingerprint density at radius 3 is 3.00 bits per heavy atom. The number of hydrogen-bond acceptors (Lipinski definition) is 4. The van der Waals surface area contributed by atoms with Crippen molar-refractivity contribution in [2.24, 2.45) is 0 Å². The van der Waals surface area contributed by atoms with Crippen LogP contribution in [0.1, 0.15) is 6.42 Å². The number of benzene rings is 1. The zero-order valence-electron chi connectivity index (χ0n) is 10.6. The molecule has 5 nitrogen and oxygen atoms in total. The Morgan fingerprint density at radius 2 is 2.30 bits per heavy atom. The van der Waals surface area contributed by atoms with Gasteiger partial charge in [-0.2, -0.15) is 0 Å². The van der Waals surface area contributed by atoms with Crippen LogP contribution in [0, 0.1) is 0 Å². The van der Waals surface area contributed by atoms with Crippen molar-refractivity contribution < 1.29 is 19.4 Å². The molecule has 1 heterocycles. The fourth-order valence-corrected chi connectivity index (χ4v) is 3.20. The lowest BCUT2D eigenvalue weighted by Gasteiger charge is -2.20. The summed E-state index contributed by atoms with van der Waals surface area (Å²) in [5, 5.41) is 9.58. The van der Waals surface area contributed by atoms with E-state index in [0.717, 1.165) is 0 Å². The van der Waals surface area contributed by atoms with Gasteiger partial charge in [0.25, 0.3) is 0 Å². The van der Waals surface area contributed by atoms with Crippen LogP contribution in [0.4, 0.5) is 0 Å². The van der Waals surface area contributed by atoms with Crippen LogP contribution in [0.5, 0.6) is 5.75 Å². The Morgan fingerprint density at radius 1 is 1.50 bits per heavy atom. The van der Waals surface area contributed by atoms with E-state index in [1.807, 2.05) is 0 Å². The highest BCUT2D eigenvalue weighted by molar-refractivity contribution is 7.99. The van der Waals surface area contributed by atoms with Crippen molar-refractivity contribution >= 4 is 35.2 Å². The first-order chi connectivity index (χ1) is 9.58. The molecule has 1 N–H and O–H groups in total. The maximum atomic E-state index is 12.0. The number of carboxylic acid groups (broad SMARTS) is 1. The largest absolute Gasteiger partial charge is 0.493 e. The minimum atomic E-state index is -0.959. The van der Waals surface area contributed by atoms with Gasteiger partial charge in [-0.15, -0.1) is 11.8 Å². The molecule has 1 aliphatic heterocycles. The summed E-state index contributed by atoms with van der Waals surface area (Å²) in [6.07, 6.45) is 0.150. The first kappa shape index (κ1) is 15.0. The lowest BCUT2D eigenvalue weighted by molar-refractivity contribution is -0.147. The summed E-state index contributed by atoms with van der Waals surface area (Å²) in [6, 6.07) is 6.19. The lowest BCUT2D eigenvalue weighted by Crippen LogP contribution is -2.42. The Kier molecular flexibility index (Phi) is 5.14. The van der Waals surface area contributed by atoms with Crippen LogP contribution >= 0.6 is 23.4 Å². The molecule has 0 radical (unpaired) electrons. The highest BCUT2D eigenvalue weighted by Crippen LogP contribution is 2.22. The molecule has 1 aromatic carbocycles. The van der Waals surface area contributed by atoms with Gasteiger partial charge in [0.1, 0.15) is 11.8 Å². The van der Waals surface area contributed by atoms with Crippen molar-refractivity contribution in [2.75, 3.05) is 18.2 Å². The monoisotopic (exact) mass is 315 g/mol. The number of carboxylic acids is 1. The Hall–Kier alpha value is -1.40. The van der Waals surface area contributed by atoms with Gasteiger partial charge >= 0.3 is 5.97 Å². The van der Waals surface area contributed by atoms with Crippen molar-refractivity contribution in [3.8, 4) is 5.75 Å². The molecular formula is C13H14ClNO4S. The fraction of sp³-hybridized carbons (Fsp3) is 0.385. The van der Waals surface area contributed by atoms with Gasteiger partial charge in [-0.1, -0.05) is 17.7 Å². The third-order valence-electron chi connectivity index (χ3n) is 2.87. The van der Waals surface area contributed by atoms with E-state index in [9.17, 15) is 9.59 Å². The van der Waals surface area contributed by atoms with Crippen molar-refractivity contribution in [1.29, 1.82) is 0 Å². The minimum absolute atomic E-state index is 0.150. The molecule has 1 unspecified atom stereocenters. The van der Waals surface area contributed by atoms with Gasteiger partial charge in [-0.3, -0.25) is 4.79 Å². The summed E-state index contributed by atoms with van der Waals surface area (Å²) in [4.78, 5) is 24.3. The number of ether oxygens (including phenoxy) is 1. The van der Waals surface area contributed by atoms with E-state index in [1.54, 1.807) is 24.3 Å². The molecule has 0 bridgehead atoms. The predicted octanol–water partition coefficient (Wildman–Crippen LogP) is 2.09. The van der Waals surface area contributed by atoms with Gasteiger partial charge in [0.15, 0.2) is 0 Å². The fourth-order valence-electron chi connectivity index (χ4n) is 1.85. The van der Waals surface area contributed by atoms with E-state index in [1.165, 1.54) is 16.7 Å². The van der Waals surface area contributed by atoms with Crippen LogP contribution < -0.4 is 4.74 Å². The first-order valence-corrected chi connectivity index (χ1v) is 7.59. The molecule has 0 spiro atoms. The van der Waals surface area contributed by atoms with Crippen molar-refractivity contribution in [3.63, 3.8) is 0 Å². The van der Waals surface area contributed by atoms with Crippen molar-refractivity contribution in [1.82, 2.24) is 4.90 Å². The summed E-state index contributed by atoms with van der Waals surface area (Å²) < 4.78 is 5.43. The predicted molar refractivity (Wildman–Crippen MR) is 77.2 cm³/mol. The van der Waals surface area contributed by atoms with Gasteiger partial charge in [0.05, 0.1) is 18.9 Å². The maximum Gasteiger partial charge on any atom is 0.327 e. The molecule has 0 aliphatic carbocycles. The number of nitrogens with zero attached hydrogens (tertiary/aromatic N) is 1. The Labute approximate surface area is 125 Å². The van der Waals surface area contributed by atoms with Crippen LogP contribution in [-0.4, -0.2) is 46.2 Å². The molecule has 2 rings (SSSR count). The standard InChI is InChI=1S/C13H14ClNO4S/c14-9-2-1-3-10(6-9)19-5-4-12(16)15-8-20-7-11(15)13(17)18/h1-3,6,11H,4-5,7-8H2,(H,17,18). The Bertz CT molecular complexity index is 511. The van der Waals surface area contributed by atoms with E-state index in [0.29, 0.717) is 22.4 Å². The minimum Gasteiger partial charge on any atom is -0.493 e. The Balaban J connectivity index is 1.82. The number of amides is 1. The molecule has 1 saturated heterocycles. The quantitative estimate of drug-likeness (QED) is 0.901. The number of aliphatic carboxylic acids is 1. The molecule has 1 amide bonds. The number of carbonyl (C=O) groups is 2.